The normalized spacial score (nSPS) is 9.58. The summed E-state index contributed by atoms with van der Waals surface area (Å²) in [5.41, 5.74) is 0.911. The second kappa shape index (κ2) is 5.75. The highest BCUT2D eigenvalue weighted by molar-refractivity contribution is 6.05. The molecule has 0 atom stereocenters. The number of carbonyl (C=O) groups excluding carboxylic acids is 1. The number of aryl methyl sites for hydroxylation is 1. The lowest BCUT2D eigenvalue weighted by atomic mass is 10.1. The smallest absolute Gasteiger partial charge is 0.270 e. The van der Waals surface area contributed by atoms with Gasteiger partial charge in [-0.05, 0) is 17.3 Å². The monoisotopic (exact) mass is 257 g/mol. The van der Waals surface area contributed by atoms with Crippen molar-refractivity contribution in [3.05, 3.63) is 35.4 Å². The Morgan fingerprint density at radius 3 is 2.95 bits per heavy atom. The van der Waals surface area contributed by atoms with Crippen LogP contribution >= 0.6 is 0 Å². The summed E-state index contributed by atoms with van der Waals surface area (Å²) in [6, 6.07) is 6.82. The molecule has 1 aromatic heterocycles. The molecule has 0 unspecified atom stereocenters. The molecule has 1 aromatic carbocycles. The summed E-state index contributed by atoms with van der Waals surface area (Å²) in [4.78, 5) is 13.3. The van der Waals surface area contributed by atoms with Crippen LogP contribution in [0.1, 0.15) is 15.9 Å². The van der Waals surface area contributed by atoms with Crippen LogP contribution in [0.2, 0.25) is 0 Å². The van der Waals surface area contributed by atoms with Crippen LogP contribution in [0.15, 0.2) is 24.3 Å². The number of carbonyl (C=O) groups is 1. The van der Waals surface area contributed by atoms with Crippen LogP contribution in [0.3, 0.4) is 0 Å². The molecule has 1 amide bonds. The van der Waals surface area contributed by atoms with E-state index in [2.05, 4.69) is 32.6 Å². The topological polar surface area (TPSA) is 92.9 Å². The van der Waals surface area contributed by atoms with Gasteiger partial charge in [0, 0.05) is 5.56 Å². The fraction of sp³-hybridized carbons (Fsp3) is 0.167. The number of nitrogens with one attached hydrogen (secondary N) is 1. The van der Waals surface area contributed by atoms with Gasteiger partial charge in [0.2, 0.25) is 0 Å². The second-order valence-corrected chi connectivity index (χ2v) is 3.56. The summed E-state index contributed by atoms with van der Waals surface area (Å²) in [5.74, 6) is 4.96. The number of hydrogen-bond donors (Lipinski definition) is 2. The van der Waals surface area contributed by atoms with Gasteiger partial charge in [0.25, 0.3) is 11.9 Å². The maximum Gasteiger partial charge on any atom is 0.270 e. The number of rotatable bonds is 2. The quantitative estimate of drug-likeness (QED) is 0.727. The van der Waals surface area contributed by atoms with Crippen molar-refractivity contribution in [1.29, 1.82) is 0 Å². The lowest BCUT2D eigenvalue weighted by Gasteiger charge is -2.03. The first-order valence-corrected chi connectivity index (χ1v) is 5.45. The number of benzene rings is 1. The van der Waals surface area contributed by atoms with Crippen molar-refractivity contribution in [3.8, 4) is 11.8 Å². The Hall–Kier alpha value is -2.72. The van der Waals surface area contributed by atoms with E-state index in [-0.39, 0.29) is 18.5 Å². The predicted molar refractivity (Wildman–Crippen MR) is 67.2 cm³/mol. The maximum atomic E-state index is 12.0. The number of tetrazole rings is 1. The van der Waals surface area contributed by atoms with Crippen LogP contribution in [0.4, 0.5) is 5.95 Å². The highest BCUT2D eigenvalue weighted by atomic mass is 16.2. The first-order chi connectivity index (χ1) is 9.20. The molecule has 0 aliphatic carbocycles. The van der Waals surface area contributed by atoms with Crippen LogP contribution in [0, 0.1) is 11.8 Å². The molecule has 7 heteroatoms. The summed E-state index contributed by atoms with van der Waals surface area (Å²) in [7, 11) is 1.60. The molecular weight excluding hydrogens is 246 g/mol. The van der Waals surface area contributed by atoms with Gasteiger partial charge in [-0.15, -0.1) is 5.10 Å². The summed E-state index contributed by atoms with van der Waals surface area (Å²) in [5, 5.41) is 22.3. The average molecular weight is 257 g/mol. The third-order valence-corrected chi connectivity index (χ3v) is 2.21. The molecule has 0 spiro atoms. The van der Waals surface area contributed by atoms with E-state index in [4.69, 9.17) is 5.11 Å². The minimum absolute atomic E-state index is 0.123. The van der Waals surface area contributed by atoms with Crippen molar-refractivity contribution >= 4 is 11.9 Å². The van der Waals surface area contributed by atoms with E-state index < -0.39 is 0 Å². The van der Waals surface area contributed by atoms with E-state index in [0.717, 1.165) is 0 Å². The summed E-state index contributed by atoms with van der Waals surface area (Å²) >= 11 is 0. The Bertz CT molecular complexity index is 653. The minimum Gasteiger partial charge on any atom is -0.384 e. The van der Waals surface area contributed by atoms with E-state index in [9.17, 15) is 4.79 Å². The van der Waals surface area contributed by atoms with Gasteiger partial charge in [-0.2, -0.15) is 4.80 Å². The fourth-order valence-electron chi connectivity index (χ4n) is 1.43. The summed E-state index contributed by atoms with van der Waals surface area (Å²) < 4.78 is 0. The fourth-order valence-corrected chi connectivity index (χ4v) is 1.43. The largest absolute Gasteiger partial charge is 0.384 e. The maximum absolute atomic E-state index is 12.0. The van der Waals surface area contributed by atoms with Crippen LogP contribution in [0.25, 0.3) is 0 Å². The van der Waals surface area contributed by atoms with Crippen LogP contribution < -0.4 is 5.32 Å². The molecule has 0 saturated carbocycles. The molecule has 2 aromatic rings. The highest BCUT2D eigenvalue weighted by Crippen LogP contribution is 2.09. The van der Waals surface area contributed by atoms with Crippen LogP contribution in [0.5, 0.6) is 0 Å². The predicted octanol–water partition coefficient (Wildman–Crippen LogP) is -0.194. The van der Waals surface area contributed by atoms with Crippen LogP contribution in [-0.2, 0) is 7.05 Å². The van der Waals surface area contributed by atoms with Gasteiger partial charge in [0.15, 0.2) is 0 Å². The third-order valence-electron chi connectivity index (χ3n) is 2.21. The zero-order valence-electron chi connectivity index (χ0n) is 10.2. The molecule has 0 saturated heterocycles. The Kier molecular flexibility index (Phi) is 3.85. The van der Waals surface area contributed by atoms with Crippen LogP contribution in [-0.4, -0.2) is 37.8 Å². The Morgan fingerprint density at radius 2 is 2.26 bits per heavy atom. The Labute approximate surface area is 109 Å². The zero-order valence-corrected chi connectivity index (χ0v) is 10.2. The molecule has 96 valence electrons. The van der Waals surface area contributed by atoms with Crippen molar-refractivity contribution in [2.75, 3.05) is 11.9 Å². The van der Waals surface area contributed by atoms with Gasteiger partial charge in [-0.25, -0.2) is 0 Å². The first kappa shape index (κ1) is 12.7. The minimum atomic E-state index is -0.379. The summed E-state index contributed by atoms with van der Waals surface area (Å²) in [6.07, 6.45) is 0. The molecule has 0 aliphatic rings. The van der Waals surface area contributed by atoms with E-state index in [1.807, 2.05) is 0 Å². The third kappa shape index (κ3) is 3.14. The lowest BCUT2D eigenvalue weighted by Crippen LogP contribution is -2.14. The lowest BCUT2D eigenvalue weighted by molar-refractivity contribution is 0.102. The summed E-state index contributed by atoms with van der Waals surface area (Å²) in [6.45, 7) is -0.262. The SMILES string of the molecule is Cn1nnc(NC(=O)c2ccccc2C#CCO)n1. The van der Waals surface area contributed by atoms with Crippen molar-refractivity contribution in [2.24, 2.45) is 7.05 Å². The molecule has 1 heterocycles. The van der Waals surface area contributed by atoms with Gasteiger partial charge < -0.3 is 5.11 Å². The molecule has 0 aliphatic heterocycles. The average Bonchev–Trinajstić information content (AvgIpc) is 2.82. The van der Waals surface area contributed by atoms with Crippen molar-refractivity contribution in [3.63, 3.8) is 0 Å². The van der Waals surface area contributed by atoms with Crippen molar-refractivity contribution in [1.82, 2.24) is 20.2 Å². The van der Waals surface area contributed by atoms with Gasteiger partial charge >= 0.3 is 0 Å². The van der Waals surface area contributed by atoms with Gasteiger partial charge in [-0.3, -0.25) is 10.1 Å². The van der Waals surface area contributed by atoms with Crippen molar-refractivity contribution in [2.45, 2.75) is 0 Å². The van der Waals surface area contributed by atoms with Crippen molar-refractivity contribution < 1.29 is 9.90 Å². The molecular formula is C12H11N5O2. The van der Waals surface area contributed by atoms with E-state index >= 15 is 0 Å². The number of aliphatic hydroxyl groups is 1. The number of aliphatic hydroxyl groups excluding tert-OH is 1. The second-order valence-electron chi connectivity index (χ2n) is 3.56. The first-order valence-electron chi connectivity index (χ1n) is 5.45. The van der Waals surface area contributed by atoms with Gasteiger partial charge in [0.05, 0.1) is 12.6 Å². The molecule has 2 N–H and O–H groups in total. The molecule has 0 bridgehead atoms. The van der Waals surface area contributed by atoms with Gasteiger partial charge in [-0.1, -0.05) is 29.1 Å². The van der Waals surface area contributed by atoms with E-state index in [1.165, 1.54) is 4.80 Å². The van der Waals surface area contributed by atoms with E-state index in [1.54, 1.807) is 31.3 Å². The zero-order chi connectivity index (χ0) is 13.7. The molecule has 7 nitrogen and oxygen atoms in total. The number of amides is 1. The molecule has 19 heavy (non-hydrogen) atoms. The number of aromatic nitrogens is 4. The Morgan fingerprint density at radius 1 is 1.47 bits per heavy atom. The van der Waals surface area contributed by atoms with E-state index in [0.29, 0.717) is 11.1 Å². The standard InChI is InChI=1S/C12H11N5O2/c1-17-15-12(14-16-17)13-11(19)10-7-3-2-5-9(10)6-4-8-18/h2-3,5,7,18H,8H2,1H3,(H,13,15,19). The molecule has 2 rings (SSSR count). The molecule has 0 radical (unpaired) electrons. The highest BCUT2D eigenvalue weighted by Gasteiger charge is 2.12. The molecule has 0 fully saturated rings. The number of anilines is 1. The number of hydrogen-bond acceptors (Lipinski definition) is 5. The Balaban J connectivity index is 2.23. The van der Waals surface area contributed by atoms with Gasteiger partial charge in [0.1, 0.15) is 6.61 Å². The number of nitrogens with zero attached hydrogens (tertiary/aromatic N) is 4.